The van der Waals surface area contributed by atoms with Crippen molar-refractivity contribution in [1.29, 1.82) is 0 Å². The normalized spacial score (nSPS) is 10.0. The van der Waals surface area contributed by atoms with Crippen LogP contribution in [0, 0.1) is 0 Å². The topological polar surface area (TPSA) is 73.6 Å². The predicted octanol–water partition coefficient (Wildman–Crippen LogP) is 0.710. The van der Waals surface area contributed by atoms with Crippen LogP contribution in [0.2, 0.25) is 0 Å². The highest BCUT2D eigenvalue weighted by atomic mass is 16.1. The van der Waals surface area contributed by atoms with E-state index < -0.39 is 0 Å². The molecule has 1 aromatic heterocycles. The first-order valence-electron chi connectivity index (χ1n) is 4.27. The van der Waals surface area contributed by atoms with Crippen LogP contribution in [0.15, 0.2) is 35.1 Å². The van der Waals surface area contributed by atoms with E-state index in [0.29, 0.717) is 12.4 Å². The Balaban J connectivity index is 1.98. The van der Waals surface area contributed by atoms with Gasteiger partial charge in [0.15, 0.2) is 0 Å². The molecule has 1 aromatic carbocycles. The second kappa shape index (κ2) is 3.78. The number of hydrogen-bond donors (Lipinski definition) is 3. The van der Waals surface area contributed by atoms with Crippen molar-refractivity contribution in [2.45, 2.75) is 6.54 Å². The first kappa shape index (κ1) is 8.55. The van der Waals surface area contributed by atoms with Gasteiger partial charge in [0.1, 0.15) is 5.82 Å². The zero-order chi connectivity index (χ0) is 9.80. The molecule has 0 atom stereocenters. The van der Waals surface area contributed by atoms with Gasteiger partial charge in [-0.2, -0.15) is 5.10 Å². The van der Waals surface area contributed by atoms with Crippen LogP contribution in [0.5, 0.6) is 0 Å². The highest BCUT2D eigenvalue weighted by molar-refractivity contribution is 5.42. The molecule has 1 heterocycles. The van der Waals surface area contributed by atoms with Crippen LogP contribution in [-0.2, 0) is 6.54 Å². The van der Waals surface area contributed by atoms with E-state index in [0.717, 1.165) is 5.69 Å². The first-order chi connectivity index (χ1) is 6.84. The van der Waals surface area contributed by atoms with Crippen molar-refractivity contribution in [2.75, 3.05) is 5.32 Å². The molecule has 0 aliphatic rings. The number of aromatic amines is 2. The third kappa shape index (κ3) is 2.01. The van der Waals surface area contributed by atoms with Crippen LogP contribution in [0.1, 0.15) is 5.82 Å². The second-order valence-corrected chi connectivity index (χ2v) is 2.84. The zero-order valence-corrected chi connectivity index (χ0v) is 7.45. The summed E-state index contributed by atoms with van der Waals surface area (Å²) in [7, 11) is 0. The maximum atomic E-state index is 10.7. The average Bonchev–Trinajstić information content (AvgIpc) is 2.63. The number of rotatable bonds is 3. The van der Waals surface area contributed by atoms with Gasteiger partial charge in [-0.15, -0.1) is 0 Å². The smallest absolute Gasteiger partial charge is 0.340 e. The summed E-state index contributed by atoms with van der Waals surface area (Å²) >= 11 is 0. The van der Waals surface area contributed by atoms with Gasteiger partial charge in [-0.25, -0.2) is 9.89 Å². The molecule has 2 rings (SSSR count). The molecule has 0 saturated heterocycles. The number of nitrogens with zero attached hydrogens (tertiary/aromatic N) is 1. The number of nitrogens with one attached hydrogen (secondary N) is 3. The van der Waals surface area contributed by atoms with Gasteiger partial charge in [-0.3, -0.25) is 4.98 Å². The van der Waals surface area contributed by atoms with Gasteiger partial charge < -0.3 is 5.32 Å². The highest BCUT2D eigenvalue weighted by Gasteiger charge is 1.96. The van der Waals surface area contributed by atoms with Crippen LogP contribution in [-0.4, -0.2) is 15.2 Å². The molecule has 0 saturated carbocycles. The van der Waals surface area contributed by atoms with Gasteiger partial charge in [0, 0.05) is 5.69 Å². The molecule has 0 aliphatic carbocycles. The Labute approximate surface area is 80.2 Å². The summed E-state index contributed by atoms with van der Waals surface area (Å²) < 4.78 is 0. The fourth-order valence-corrected chi connectivity index (χ4v) is 1.13. The van der Waals surface area contributed by atoms with Gasteiger partial charge in [-0.05, 0) is 12.1 Å². The second-order valence-electron chi connectivity index (χ2n) is 2.84. The van der Waals surface area contributed by atoms with Crippen molar-refractivity contribution in [2.24, 2.45) is 0 Å². The standard InChI is InChI=1S/C9H10N4O/c14-9-11-8(12-13-9)6-10-7-4-2-1-3-5-7/h1-5,10H,6H2,(H2,11,12,13,14). The van der Waals surface area contributed by atoms with Crippen molar-refractivity contribution in [1.82, 2.24) is 15.2 Å². The van der Waals surface area contributed by atoms with E-state index in [4.69, 9.17) is 0 Å². The minimum absolute atomic E-state index is 0.283. The Morgan fingerprint density at radius 3 is 2.71 bits per heavy atom. The van der Waals surface area contributed by atoms with Gasteiger partial charge in [0.05, 0.1) is 6.54 Å². The fourth-order valence-electron chi connectivity index (χ4n) is 1.13. The van der Waals surface area contributed by atoms with E-state index in [9.17, 15) is 4.79 Å². The van der Waals surface area contributed by atoms with Crippen LogP contribution in [0.3, 0.4) is 0 Å². The number of H-pyrrole nitrogens is 2. The summed E-state index contributed by atoms with van der Waals surface area (Å²) in [5, 5.41) is 9.20. The Morgan fingerprint density at radius 1 is 1.29 bits per heavy atom. The lowest BCUT2D eigenvalue weighted by Crippen LogP contribution is -2.04. The van der Waals surface area contributed by atoms with Gasteiger partial charge in [0.2, 0.25) is 0 Å². The minimum Gasteiger partial charge on any atom is -0.378 e. The molecule has 0 fully saturated rings. The van der Waals surface area contributed by atoms with Gasteiger partial charge in [0.25, 0.3) is 0 Å². The number of hydrogen-bond acceptors (Lipinski definition) is 3. The lowest BCUT2D eigenvalue weighted by atomic mass is 10.3. The Bertz CT molecular complexity index is 445. The van der Waals surface area contributed by atoms with E-state index in [2.05, 4.69) is 20.5 Å². The zero-order valence-electron chi connectivity index (χ0n) is 7.45. The Kier molecular flexibility index (Phi) is 2.31. The number of anilines is 1. The van der Waals surface area contributed by atoms with Gasteiger partial charge in [-0.1, -0.05) is 18.2 Å². The summed E-state index contributed by atoms with van der Waals surface area (Å²) in [6, 6.07) is 9.72. The quantitative estimate of drug-likeness (QED) is 0.667. The molecule has 5 heteroatoms. The summed E-state index contributed by atoms with van der Waals surface area (Å²) in [6.45, 7) is 0.503. The van der Waals surface area contributed by atoms with Crippen LogP contribution >= 0.6 is 0 Å². The Morgan fingerprint density at radius 2 is 2.07 bits per heavy atom. The van der Waals surface area contributed by atoms with Gasteiger partial charge >= 0.3 is 5.69 Å². The van der Waals surface area contributed by atoms with E-state index in [1.807, 2.05) is 30.3 Å². The molecule has 0 amide bonds. The number of para-hydroxylation sites is 1. The summed E-state index contributed by atoms with van der Waals surface area (Å²) in [4.78, 5) is 13.3. The van der Waals surface area contributed by atoms with Crippen LogP contribution < -0.4 is 11.0 Å². The van der Waals surface area contributed by atoms with Crippen LogP contribution in [0.25, 0.3) is 0 Å². The molecular weight excluding hydrogens is 180 g/mol. The third-order valence-electron chi connectivity index (χ3n) is 1.78. The SMILES string of the molecule is O=c1[nH]nc(CNc2ccccc2)[nH]1. The first-order valence-corrected chi connectivity index (χ1v) is 4.27. The molecule has 0 aliphatic heterocycles. The Hall–Kier alpha value is -2.04. The van der Waals surface area contributed by atoms with Crippen molar-refractivity contribution in [3.63, 3.8) is 0 Å². The maximum absolute atomic E-state index is 10.7. The van der Waals surface area contributed by atoms with Crippen LogP contribution in [0.4, 0.5) is 5.69 Å². The van der Waals surface area contributed by atoms with E-state index >= 15 is 0 Å². The van der Waals surface area contributed by atoms with Crippen molar-refractivity contribution in [3.05, 3.63) is 46.6 Å². The van der Waals surface area contributed by atoms with E-state index in [1.54, 1.807) is 0 Å². The summed E-state index contributed by atoms with van der Waals surface area (Å²) in [6.07, 6.45) is 0. The third-order valence-corrected chi connectivity index (χ3v) is 1.78. The summed E-state index contributed by atoms with van der Waals surface area (Å²) in [5.74, 6) is 0.596. The lowest BCUT2D eigenvalue weighted by Gasteiger charge is -2.01. The van der Waals surface area contributed by atoms with E-state index in [-0.39, 0.29) is 5.69 Å². The highest BCUT2D eigenvalue weighted by Crippen LogP contribution is 2.05. The molecule has 5 nitrogen and oxygen atoms in total. The number of aromatic nitrogens is 3. The molecular formula is C9H10N4O. The van der Waals surface area contributed by atoms with Crippen molar-refractivity contribution in [3.8, 4) is 0 Å². The molecule has 14 heavy (non-hydrogen) atoms. The molecule has 3 N–H and O–H groups in total. The minimum atomic E-state index is -0.283. The average molecular weight is 190 g/mol. The fraction of sp³-hybridized carbons (Fsp3) is 0.111. The molecule has 2 aromatic rings. The van der Waals surface area contributed by atoms with Crippen molar-refractivity contribution >= 4 is 5.69 Å². The molecule has 0 spiro atoms. The monoisotopic (exact) mass is 190 g/mol. The van der Waals surface area contributed by atoms with Crippen molar-refractivity contribution < 1.29 is 0 Å². The van der Waals surface area contributed by atoms with E-state index in [1.165, 1.54) is 0 Å². The predicted molar refractivity (Wildman–Crippen MR) is 53.0 cm³/mol. The molecule has 0 unspecified atom stereocenters. The lowest BCUT2D eigenvalue weighted by molar-refractivity contribution is 0.953. The number of benzene rings is 1. The largest absolute Gasteiger partial charge is 0.378 e. The maximum Gasteiger partial charge on any atom is 0.340 e. The summed E-state index contributed by atoms with van der Waals surface area (Å²) in [5.41, 5.74) is 0.714. The molecule has 72 valence electrons. The molecule has 0 radical (unpaired) electrons. The molecule has 0 bridgehead atoms.